The Bertz CT molecular complexity index is 334. The van der Waals surface area contributed by atoms with Gasteiger partial charge in [0.25, 0.3) is 0 Å². The van der Waals surface area contributed by atoms with Crippen LogP contribution in [-0.2, 0) is 0 Å². The maximum Gasteiger partial charge on any atom is 0.213 e. The van der Waals surface area contributed by atoms with Crippen molar-refractivity contribution >= 4 is 0 Å². The molecule has 2 N–H and O–H groups in total. The number of ether oxygens (including phenoxy) is 1. The number of nitrogens with two attached hydrogens (primary N) is 1. The maximum absolute atomic E-state index is 6.11. The second-order valence-electron chi connectivity index (χ2n) is 3.95. The maximum atomic E-state index is 6.11. The fourth-order valence-electron chi connectivity index (χ4n) is 1.71. The van der Waals surface area contributed by atoms with Crippen LogP contribution in [0.3, 0.4) is 0 Å². The molecule has 0 saturated heterocycles. The van der Waals surface area contributed by atoms with Gasteiger partial charge < -0.3 is 10.5 Å². The van der Waals surface area contributed by atoms with Gasteiger partial charge in [-0.25, -0.2) is 4.98 Å². The van der Waals surface area contributed by atoms with Crippen LogP contribution in [0.1, 0.15) is 30.0 Å². The van der Waals surface area contributed by atoms with Crippen molar-refractivity contribution in [3.8, 4) is 5.88 Å². The van der Waals surface area contributed by atoms with Crippen molar-refractivity contribution in [3.05, 3.63) is 23.4 Å². The normalized spacial score (nSPS) is 17.9. The van der Waals surface area contributed by atoms with Gasteiger partial charge in [-0.15, -0.1) is 0 Å². The highest BCUT2D eigenvalue weighted by molar-refractivity contribution is 5.31. The Morgan fingerprint density at radius 1 is 1.57 bits per heavy atom. The second kappa shape index (κ2) is 3.58. The molecule has 1 saturated carbocycles. The number of aromatic nitrogens is 1. The molecule has 0 unspecified atom stereocenters. The summed E-state index contributed by atoms with van der Waals surface area (Å²) in [6.07, 6.45) is 4.36. The third-order valence-electron chi connectivity index (χ3n) is 2.82. The minimum Gasteiger partial charge on any atom is -0.481 e. The molecule has 0 radical (unpaired) electrons. The van der Waals surface area contributed by atoms with Crippen LogP contribution in [-0.4, -0.2) is 12.1 Å². The van der Waals surface area contributed by atoms with Crippen LogP contribution < -0.4 is 10.5 Å². The van der Waals surface area contributed by atoms with Crippen LogP contribution in [0.15, 0.2) is 12.3 Å². The van der Waals surface area contributed by atoms with E-state index in [0.717, 1.165) is 5.56 Å². The van der Waals surface area contributed by atoms with E-state index in [9.17, 15) is 0 Å². The molecule has 1 heterocycles. The van der Waals surface area contributed by atoms with E-state index in [1.807, 2.05) is 12.3 Å². The fraction of sp³-hybridized carbons (Fsp3) is 0.545. The smallest absolute Gasteiger partial charge is 0.213 e. The van der Waals surface area contributed by atoms with Crippen LogP contribution >= 0.6 is 0 Å². The van der Waals surface area contributed by atoms with Gasteiger partial charge in [-0.05, 0) is 36.8 Å². The van der Waals surface area contributed by atoms with Crippen molar-refractivity contribution in [2.45, 2.75) is 25.8 Å². The van der Waals surface area contributed by atoms with E-state index >= 15 is 0 Å². The third kappa shape index (κ3) is 1.73. The van der Waals surface area contributed by atoms with Gasteiger partial charge in [0.15, 0.2) is 0 Å². The van der Waals surface area contributed by atoms with Gasteiger partial charge in [-0.1, -0.05) is 0 Å². The van der Waals surface area contributed by atoms with E-state index in [1.54, 1.807) is 7.11 Å². The van der Waals surface area contributed by atoms with E-state index in [4.69, 9.17) is 10.5 Å². The van der Waals surface area contributed by atoms with Gasteiger partial charge in [0.1, 0.15) is 0 Å². The van der Waals surface area contributed by atoms with Gasteiger partial charge >= 0.3 is 0 Å². The van der Waals surface area contributed by atoms with E-state index in [0.29, 0.717) is 11.8 Å². The number of aryl methyl sites for hydroxylation is 1. The molecular weight excluding hydrogens is 176 g/mol. The highest BCUT2D eigenvalue weighted by atomic mass is 16.5. The van der Waals surface area contributed by atoms with Crippen LogP contribution in [0.4, 0.5) is 0 Å². The first-order chi connectivity index (χ1) is 6.72. The fourth-order valence-corrected chi connectivity index (χ4v) is 1.71. The predicted molar refractivity (Wildman–Crippen MR) is 55.2 cm³/mol. The van der Waals surface area contributed by atoms with Crippen molar-refractivity contribution in [2.24, 2.45) is 11.7 Å². The zero-order chi connectivity index (χ0) is 10.1. The number of rotatable bonds is 3. The standard InChI is InChI=1S/C11H16N2O/c1-7-5-10(14-2)13-6-9(7)11(12)8-3-4-8/h5-6,8,11H,3-4,12H2,1-2H3/t11-/m1/s1. The summed E-state index contributed by atoms with van der Waals surface area (Å²) in [5.74, 6) is 1.33. The van der Waals surface area contributed by atoms with Crippen molar-refractivity contribution in [1.82, 2.24) is 4.98 Å². The van der Waals surface area contributed by atoms with Gasteiger partial charge in [-0.2, -0.15) is 0 Å². The van der Waals surface area contributed by atoms with Gasteiger partial charge in [0.05, 0.1) is 7.11 Å². The summed E-state index contributed by atoms with van der Waals surface area (Å²) in [6, 6.07) is 2.10. The summed E-state index contributed by atoms with van der Waals surface area (Å²) in [5, 5.41) is 0. The van der Waals surface area contributed by atoms with Gasteiger partial charge in [0.2, 0.25) is 5.88 Å². The van der Waals surface area contributed by atoms with Crippen LogP contribution in [0.25, 0.3) is 0 Å². The monoisotopic (exact) mass is 192 g/mol. The zero-order valence-corrected chi connectivity index (χ0v) is 8.66. The summed E-state index contributed by atoms with van der Waals surface area (Å²) in [5.41, 5.74) is 8.45. The van der Waals surface area contributed by atoms with Crippen LogP contribution in [0.5, 0.6) is 5.88 Å². The molecule has 1 aliphatic rings. The lowest BCUT2D eigenvalue weighted by atomic mass is 10.0. The lowest BCUT2D eigenvalue weighted by molar-refractivity contribution is 0.396. The molecule has 0 bridgehead atoms. The highest BCUT2D eigenvalue weighted by Gasteiger charge is 2.30. The molecule has 0 spiro atoms. The van der Waals surface area contributed by atoms with Gasteiger partial charge in [0, 0.05) is 18.3 Å². The molecule has 1 fully saturated rings. The molecule has 2 rings (SSSR count). The summed E-state index contributed by atoms with van der Waals surface area (Å²) >= 11 is 0. The quantitative estimate of drug-likeness (QED) is 0.794. The van der Waals surface area contributed by atoms with Crippen molar-refractivity contribution in [2.75, 3.05) is 7.11 Å². The van der Waals surface area contributed by atoms with E-state index in [2.05, 4.69) is 11.9 Å². The zero-order valence-electron chi connectivity index (χ0n) is 8.66. The number of nitrogens with zero attached hydrogens (tertiary/aromatic N) is 1. The molecule has 1 aromatic rings. The molecule has 76 valence electrons. The minimum atomic E-state index is 0.161. The molecule has 1 aliphatic carbocycles. The molecule has 0 amide bonds. The van der Waals surface area contributed by atoms with Crippen LogP contribution in [0.2, 0.25) is 0 Å². The van der Waals surface area contributed by atoms with E-state index in [-0.39, 0.29) is 6.04 Å². The molecule has 3 nitrogen and oxygen atoms in total. The molecule has 3 heteroatoms. The van der Waals surface area contributed by atoms with E-state index in [1.165, 1.54) is 18.4 Å². The first kappa shape index (κ1) is 9.46. The molecule has 1 atom stereocenters. The molecular formula is C11H16N2O. The van der Waals surface area contributed by atoms with Crippen molar-refractivity contribution < 1.29 is 4.74 Å². The Balaban J connectivity index is 2.24. The highest BCUT2D eigenvalue weighted by Crippen LogP contribution is 2.40. The molecule has 0 aliphatic heterocycles. The van der Waals surface area contributed by atoms with Gasteiger partial charge in [-0.3, -0.25) is 0 Å². The predicted octanol–water partition coefficient (Wildman–Crippen LogP) is 1.81. The Morgan fingerprint density at radius 3 is 2.79 bits per heavy atom. The Kier molecular flexibility index (Phi) is 2.42. The van der Waals surface area contributed by atoms with E-state index < -0.39 is 0 Å². The van der Waals surface area contributed by atoms with Crippen molar-refractivity contribution in [3.63, 3.8) is 0 Å². The number of pyridine rings is 1. The average Bonchev–Trinajstić information content (AvgIpc) is 3.00. The summed E-state index contributed by atoms with van der Waals surface area (Å²) in [7, 11) is 1.63. The average molecular weight is 192 g/mol. The lowest BCUT2D eigenvalue weighted by Crippen LogP contribution is -2.14. The molecule has 1 aromatic heterocycles. The Hall–Kier alpha value is -1.09. The largest absolute Gasteiger partial charge is 0.481 e. The lowest BCUT2D eigenvalue weighted by Gasteiger charge is -2.13. The number of methoxy groups -OCH3 is 1. The van der Waals surface area contributed by atoms with Crippen LogP contribution in [0, 0.1) is 12.8 Å². The first-order valence-electron chi connectivity index (χ1n) is 4.98. The summed E-state index contributed by atoms with van der Waals surface area (Å²) in [4.78, 5) is 4.19. The topological polar surface area (TPSA) is 48.1 Å². The SMILES string of the molecule is COc1cc(C)c([C@H](N)C2CC2)cn1. The minimum absolute atomic E-state index is 0.161. The molecule has 0 aromatic carbocycles. The number of hydrogen-bond acceptors (Lipinski definition) is 3. The first-order valence-corrected chi connectivity index (χ1v) is 4.98. The Morgan fingerprint density at radius 2 is 2.29 bits per heavy atom. The number of hydrogen-bond donors (Lipinski definition) is 1. The second-order valence-corrected chi connectivity index (χ2v) is 3.95. The molecule has 14 heavy (non-hydrogen) atoms. The Labute approximate surface area is 84.3 Å². The third-order valence-corrected chi connectivity index (χ3v) is 2.82. The summed E-state index contributed by atoms with van der Waals surface area (Å²) in [6.45, 7) is 2.06. The van der Waals surface area contributed by atoms with Crippen molar-refractivity contribution in [1.29, 1.82) is 0 Å². The summed E-state index contributed by atoms with van der Waals surface area (Å²) < 4.78 is 5.05.